The lowest BCUT2D eigenvalue weighted by molar-refractivity contribution is 0.282. The molecule has 2 N–H and O–H groups in total. The van der Waals surface area contributed by atoms with Gasteiger partial charge in [0.1, 0.15) is 0 Å². The summed E-state index contributed by atoms with van der Waals surface area (Å²) in [5.74, 6) is 0. The number of halogens is 3. The summed E-state index contributed by atoms with van der Waals surface area (Å²) in [6, 6.07) is 10.9. The highest BCUT2D eigenvalue weighted by atomic mass is 35.5. The summed E-state index contributed by atoms with van der Waals surface area (Å²) in [4.78, 5) is 0. The molecule has 0 aromatic heterocycles. The Kier molecular flexibility index (Phi) is 4.94. The standard InChI is InChI=1S/C14H12Cl3NO/c15-12-5-6-13(16)14(17)11(12)7-18-10-3-1-9(8-19)2-4-10/h1-6,18-19H,7-8H2. The number of aliphatic hydroxyl groups is 1. The second-order valence-corrected chi connectivity index (χ2v) is 5.22. The first kappa shape index (κ1) is 14.5. The molecule has 0 saturated heterocycles. The second-order valence-electron chi connectivity index (χ2n) is 4.03. The molecule has 19 heavy (non-hydrogen) atoms. The highest BCUT2D eigenvalue weighted by molar-refractivity contribution is 6.44. The van der Waals surface area contributed by atoms with Gasteiger partial charge in [0.15, 0.2) is 0 Å². The van der Waals surface area contributed by atoms with Crippen molar-refractivity contribution < 1.29 is 5.11 Å². The molecule has 2 nitrogen and oxygen atoms in total. The fourth-order valence-corrected chi connectivity index (χ4v) is 2.33. The summed E-state index contributed by atoms with van der Waals surface area (Å²) in [6.07, 6.45) is 0. The van der Waals surface area contributed by atoms with Gasteiger partial charge in [-0.05, 0) is 29.8 Å². The van der Waals surface area contributed by atoms with E-state index in [1.807, 2.05) is 24.3 Å². The normalized spacial score (nSPS) is 10.5. The molecule has 0 heterocycles. The van der Waals surface area contributed by atoms with E-state index in [0.717, 1.165) is 16.8 Å². The van der Waals surface area contributed by atoms with Gasteiger partial charge in [-0.15, -0.1) is 0 Å². The maximum atomic E-state index is 8.97. The molecule has 0 atom stereocenters. The predicted molar refractivity (Wildman–Crippen MR) is 81.2 cm³/mol. The third kappa shape index (κ3) is 3.54. The molecule has 2 rings (SSSR count). The van der Waals surface area contributed by atoms with Gasteiger partial charge >= 0.3 is 0 Å². The van der Waals surface area contributed by atoms with Crippen LogP contribution in [-0.4, -0.2) is 5.11 Å². The van der Waals surface area contributed by atoms with Gasteiger partial charge in [-0.3, -0.25) is 0 Å². The predicted octanol–water partition coefficient (Wildman–Crippen LogP) is 4.75. The number of hydrogen-bond acceptors (Lipinski definition) is 2. The van der Waals surface area contributed by atoms with E-state index in [9.17, 15) is 0 Å². The van der Waals surface area contributed by atoms with Crippen molar-refractivity contribution in [1.29, 1.82) is 0 Å². The summed E-state index contributed by atoms with van der Waals surface area (Å²) in [6.45, 7) is 0.517. The van der Waals surface area contributed by atoms with Crippen molar-refractivity contribution in [3.63, 3.8) is 0 Å². The Labute approximate surface area is 126 Å². The Morgan fingerprint density at radius 1 is 0.895 bits per heavy atom. The second kappa shape index (κ2) is 6.49. The van der Waals surface area contributed by atoms with E-state index in [-0.39, 0.29) is 6.61 Å². The summed E-state index contributed by atoms with van der Waals surface area (Å²) in [5.41, 5.74) is 2.55. The molecule has 0 aliphatic rings. The van der Waals surface area contributed by atoms with Gasteiger partial charge in [0.2, 0.25) is 0 Å². The van der Waals surface area contributed by atoms with Crippen molar-refractivity contribution in [3.05, 3.63) is 62.6 Å². The Morgan fingerprint density at radius 2 is 1.53 bits per heavy atom. The average Bonchev–Trinajstić information content (AvgIpc) is 2.44. The number of anilines is 1. The highest BCUT2D eigenvalue weighted by Gasteiger charge is 2.09. The third-order valence-corrected chi connectivity index (χ3v) is 3.94. The van der Waals surface area contributed by atoms with E-state index in [0.29, 0.717) is 21.6 Å². The zero-order valence-electron chi connectivity index (χ0n) is 9.96. The number of benzene rings is 2. The van der Waals surface area contributed by atoms with Crippen molar-refractivity contribution in [2.24, 2.45) is 0 Å². The van der Waals surface area contributed by atoms with Crippen molar-refractivity contribution in [2.45, 2.75) is 13.2 Å². The van der Waals surface area contributed by atoms with E-state index in [1.54, 1.807) is 12.1 Å². The van der Waals surface area contributed by atoms with E-state index in [2.05, 4.69) is 5.32 Å². The van der Waals surface area contributed by atoms with Gasteiger partial charge < -0.3 is 10.4 Å². The fraction of sp³-hybridized carbons (Fsp3) is 0.143. The van der Waals surface area contributed by atoms with E-state index < -0.39 is 0 Å². The molecule has 0 unspecified atom stereocenters. The lowest BCUT2D eigenvalue weighted by Gasteiger charge is -2.11. The Morgan fingerprint density at radius 3 is 2.16 bits per heavy atom. The van der Waals surface area contributed by atoms with Gasteiger partial charge in [0.05, 0.1) is 16.7 Å². The Balaban J connectivity index is 2.12. The van der Waals surface area contributed by atoms with Crippen molar-refractivity contribution in [1.82, 2.24) is 0 Å². The molecule has 0 bridgehead atoms. The van der Waals surface area contributed by atoms with Crippen LogP contribution in [0.1, 0.15) is 11.1 Å². The molecule has 0 saturated carbocycles. The van der Waals surface area contributed by atoms with Crippen LogP contribution in [0.2, 0.25) is 15.1 Å². The topological polar surface area (TPSA) is 32.3 Å². The Hall–Kier alpha value is -0.930. The molecule has 5 heteroatoms. The monoisotopic (exact) mass is 315 g/mol. The number of hydrogen-bond donors (Lipinski definition) is 2. The van der Waals surface area contributed by atoms with Crippen LogP contribution < -0.4 is 5.32 Å². The van der Waals surface area contributed by atoms with Crippen molar-refractivity contribution >= 4 is 40.5 Å². The number of rotatable bonds is 4. The minimum atomic E-state index is 0.0340. The van der Waals surface area contributed by atoms with Crippen LogP contribution in [0, 0.1) is 0 Å². The molecular formula is C14H12Cl3NO. The van der Waals surface area contributed by atoms with Crippen LogP contribution in [0.4, 0.5) is 5.69 Å². The van der Waals surface area contributed by atoms with Gasteiger partial charge in [0, 0.05) is 22.8 Å². The zero-order valence-corrected chi connectivity index (χ0v) is 12.2. The lowest BCUT2D eigenvalue weighted by atomic mass is 10.2. The first-order valence-corrected chi connectivity index (χ1v) is 6.81. The minimum absolute atomic E-state index is 0.0340. The van der Waals surface area contributed by atoms with Gasteiger partial charge in [-0.1, -0.05) is 46.9 Å². The fourth-order valence-electron chi connectivity index (χ4n) is 1.65. The largest absolute Gasteiger partial charge is 0.392 e. The highest BCUT2D eigenvalue weighted by Crippen LogP contribution is 2.31. The molecule has 0 fully saturated rings. The van der Waals surface area contributed by atoms with Crippen molar-refractivity contribution in [2.75, 3.05) is 5.32 Å². The van der Waals surface area contributed by atoms with Gasteiger partial charge in [-0.25, -0.2) is 0 Å². The maximum Gasteiger partial charge on any atom is 0.0681 e. The minimum Gasteiger partial charge on any atom is -0.392 e. The lowest BCUT2D eigenvalue weighted by Crippen LogP contribution is -2.01. The molecule has 0 amide bonds. The molecule has 0 aliphatic carbocycles. The molecule has 0 spiro atoms. The first-order chi connectivity index (χ1) is 9.11. The van der Waals surface area contributed by atoms with E-state index in [1.165, 1.54) is 0 Å². The SMILES string of the molecule is OCc1ccc(NCc2c(Cl)ccc(Cl)c2Cl)cc1. The van der Waals surface area contributed by atoms with Crippen LogP contribution in [0.25, 0.3) is 0 Å². The number of nitrogens with one attached hydrogen (secondary N) is 1. The average molecular weight is 317 g/mol. The van der Waals surface area contributed by atoms with Crippen LogP contribution in [0.5, 0.6) is 0 Å². The molecule has 0 aliphatic heterocycles. The van der Waals surface area contributed by atoms with Gasteiger partial charge in [0.25, 0.3) is 0 Å². The van der Waals surface area contributed by atoms with Crippen molar-refractivity contribution in [3.8, 4) is 0 Å². The maximum absolute atomic E-state index is 8.97. The molecule has 2 aromatic carbocycles. The number of aliphatic hydroxyl groups excluding tert-OH is 1. The van der Waals surface area contributed by atoms with E-state index >= 15 is 0 Å². The smallest absolute Gasteiger partial charge is 0.0681 e. The van der Waals surface area contributed by atoms with Crippen LogP contribution in [0.15, 0.2) is 36.4 Å². The molecular weight excluding hydrogens is 305 g/mol. The summed E-state index contributed by atoms with van der Waals surface area (Å²) >= 11 is 18.2. The zero-order chi connectivity index (χ0) is 13.8. The van der Waals surface area contributed by atoms with E-state index in [4.69, 9.17) is 39.9 Å². The Bertz CT molecular complexity index is 570. The van der Waals surface area contributed by atoms with Gasteiger partial charge in [-0.2, -0.15) is 0 Å². The first-order valence-electron chi connectivity index (χ1n) is 5.68. The quantitative estimate of drug-likeness (QED) is 0.798. The molecule has 100 valence electrons. The summed E-state index contributed by atoms with van der Waals surface area (Å²) in [5, 5.41) is 13.7. The van der Waals surface area contributed by atoms with Crippen LogP contribution in [-0.2, 0) is 13.2 Å². The summed E-state index contributed by atoms with van der Waals surface area (Å²) < 4.78 is 0. The molecule has 0 radical (unpaired) electrons. The summed E-state index contributed by atoms with van der Waals surface area (Å²) in [7, 11) is 0. The third-order valence-electron chi connectivity index (χ3n) is 2.74. The van der Waals surface area contributed by atoms with Crippen LogP contribution in [0.3, 0.4) is 0 Å². The molecule has 2 aromatic rings. The van der Waals surface area contributed by atoms with Crippen LogP contribution >= 0.6 is 34.8 Å².